The van der Waals surface area contributed by atoms with E-state index in [4.69, 9.17) is 4.74 Å². The third-order valence-corrected chi connectivity index (χ3v) is 4.94. The Kier molecular flexibility index (Phi) is 6.69. The molecule has 5 heteroatoms. The largest absolute Gasteiger partial charge is 0.493 e. The van der Waals surface area contributed by atoms with E-state index >= 15 is 0 Å². The molecule has 1 aliphatic heterocycles. The van der Waals surface area contributed by atoms with Crippen molar-refractivity contribution in [1.82, 2.24) is 10.2 Å². The van der Waals surface area contributed by atoms with Crippen molar-refractivity contribution in [2.75, 3.05) is 19.7 Å². The van der Waals surface area contributed by atoms with Gasteiger partial charge in [-0.15, -0.1) is 0 Å². The lowest BCUT2D eigenvalue weighted by Gasteiger charge is -2.32. The average Bonchev–Trinajstić information content (AvgIpc) is 2.72. The SMILES string of the molecule is CC(C)NC(=O)c1ccc(OCC2CCN(C(=O)c3ccccc3)CC2)cc1. The van der Waals surface area contributed by atoms with E-state index in [1.807, 2.05) is 61.2 Å². The van der Waals surface area contributed by atoms with Crippen LogP contribution in [0.5, 0.6) is 5.75 Å². The highest BCUT2D eigenvalue weighted by Gasteiger charge is 2.24. The molecule has 2 aromatic carbocycles. The fourth-order valence-corrected chi connectivity index (χ4v) is 3.33. The molecule has 148 valence electrons. The summed E-state index contributed by atoms with van der Waals surface area (Å²) >= 11 is 0. The molecule has 0 aromatic heterocycles. The maximum absolute atomic E-state index is 12.5. The van der Waals surface area contributed by atoms with Gasteiger partial charge in [0.15, 0.2) is 0 Å². The molecule has 0 radical (unpaired) electrons. The molecular weight excluding hydrogens is 352 g/mol. The monoisotopic (exact) mass is 380 g/mol. The van der Waals surface area contributed by atoms with E-state index in [9.17, 15) is 9.59 Å². The summed E-state index contributed by atoms with van der Waals surface area (Å²) in [6, 6.07) is 16.8. The number of benzene rings is 2. The van der Waals surface area contributed by atoms with Gasteiger partial charge in [0.25, 0.3) is 11.8 Å². The zero-order chi connectivity index (χ0) is 19.9. The number of ether oxygens (including phenoxy) is 1. The Morgan fingerprint density at radius 1 is 1.00 bits per heavy atom. The maximum atomic E-state index is 12.5. The second kappa shape index (κ2) is 9.40. The Balaban J connectivity index is 1.44. The minimum Gasteiger partial charge on any atom is -0.493 e. The van der Waals surface area contributed by atoms with Gasteiger partial charge < -0.3 is 15.0 Å². The molecule has 3 rings (SSSR count). The predicted octanol–water partition coefficient (Wildman–Crippen LogP) is 3.76. The summed E-state index contributed by atoms with van der Waals surface area (Å²) in [5, 5.41) is 2.88. The summed E-state index contributed by atoms with van der Waals surface area (Å²) < 4.78 is 5.91. The van der Waals surface area contributed by atoms with Crippen molar-refractivity contribution >= 4 is 11.8 Å². The van der Waals surface area contributed by atoms with E-state index in [1.54, 1.807) is 12.1 Å². The number of hydrogen-bond acceptors (Lipinski definition) is 3. The lowest BCUT2D eigenvalue weighted by molar-refractivity contribution is 0.0660. The Hall–Kier alpha value is -2.82. The van der Waals surface area contributed by atoms with Crippen LogP contribution in [0, 0.1) is 5.92 Å². The number of nitrogens with one attached hydrogen (secondary N) is 1. The van der Waals surface area contributed by atoms with Crippen LogP contribution in [0.1, 0.15) is 47.4 Å². The van der Waals surface area contributed by atoms with E-state index in [0.29, 0.717) is 18.1 Å². The third kappa shape index (κ3) is 5.35. The summed E-state index contributed by atoms with van der Waals surface area (Å²) in [5.41, 5.74) is 1.38. The van der Waals surface area contributed by atoms with Gasteiger partial charge in [0.05, 0.1) is 6.61 Å². The van der Waals surface area contributed by atoms with Gasteiger partial charge in [0, 0.05) is 30.3 Å². The van der Waals surface area contributed by atoms with E-state index in [1.165, 1.54) is 0 Å². The first kappa shape index (κ1) is 19.9. The average molecular weight is 380 g/mol. The molecule has 0 saturated carbocycles. The van der Waals surface area contributed by atoms with Crippen molar-refractivity contribution in [3.8, 4) is 5.75 Å². The van der Waals surface area contributed by atoms with Gasteiger partial charge in [-0.05, 0) is 69.0 Å². The predicted molar refractivity (Wildman–Crippen MR) is 110 cm³/mol. The van der Waals surface area contributed by atoms with Crippen LogP contribution >= 0.6 is 0 Å². The molecule has 28 heavy (non-hydrogen) atoms. The Morgan fingerprint density at radius 2 is 1.64 bits per heavy atom. The van der Waals surface area contributed by atoms with Gasteiger partial charge in [-0.1, -0.05) is 18.2 Å². The molecule has 5 nitrogen and oxygen atoms in total. The molecule has 0 aliphatic carbocycles. The Morgan fingerprint density at radius 3 is 2.25 bits per heavy atom. The Bertz CT molecular complexity index is 779. The number of carbonyl (C=O) groups excluding carboxylic acids is 2. The number of hydrogen-bond donors (Lipinski definition) is 1. The van der Waals surface area contributed by atoms with E-state index in [2.05, 4.69) is 5.32 Å². The van der Waals surface area contributed by atoms with Gasteiger partial charge >= 0.3 is 0 Å². The highest BCUT2D eigenvalue weighted by molar-refractivity contribution is 5.94. The van der Waals surface area contributed by atoms with Crippen LogP contribution in [-0.4, -0.2) is 42.5 Å². The highest BCUT2D eigenvalue weighted by atomic mass is 16.5. The first-order valence-corrected chi connectivity index (χ1v) is 9.91. The maximum Gasteiger partial charge on any atom is 0.253 e. The molecule has 2 amide bonds. The van der Waals surface area contributed by atoms with Crippen molar-refractivity contribution in [1.29, 1.82) is 0 Å². The molecule has 1 saturated heterocycles. The molecule has 1 fully saturated rings. The third-order valence-electron chi connectivity index (χ3n) is 4.94. The molecule has 1 aliphatic rings. The van der Waals surface area contributed by atoms with Crippen LogP contribution in [0.2, 0.25) is 0 Å². The van der Waals surface area contributed by atoms with E-state index in [-0.39, 0.29) is 17.9 Å². The van der Waals surface area contributed by atoms with Gasteiger partial charge in [0.2, 0.25) is 0 Å². The van der Waals surface area contributed by atoms with Gasteiger partial charge in [-0.25, -0.2) is 0 Å². The van der Waals surface area contributed by atoms with E-state index in [0.717, 1.165) is 37.2 Å². The number of rotatable bonds is 6. The smallest absolute Gasteiger partial charge is 0.253 e. The van der Waals surface area contributed by atoms with Crippen LogP contribution in [-0.2, 0) is 0 Å². The van der Waals surface area contributed by atoms with Crippen LogP contribution in [0.4, 0.5) is 0 Å². The first-order valence-electron chi connectivity index (χ1n) is 9.91. The fraction of sp³-hybridized carbons (Fsp3) is 0.391. The van der Waals surface area contributed by atoms with Crippen LogP contribution in [0.25, 0.3) is 0 Å². The lowest BCUT2D eigenvalue weighted by atomic mass is 9.97. The molecule has 0 spiro atoms. The Labute approximate surface area is 166 Å². The van der Waals surface area contributed by atoms with Gasteiger partial charge in [0.1, 0.15) is 5.75 Å². The summed E-state index contributed by atoms with van der Waals surface area (Å²) in [4.78, 5) is 26.4. The van der Waals surface area contributed by atoms with Crippen LogP contribution in [0.3, 0.4) is 0 Å². The van der Waals surface area contributed by atoms with Crippen molar-refractivity contribution in [3.05, 3.63) is 65.7 Å². The molecular formula is C23H28N2O3. The second-order valence-electron chi connectivity index (χ2n) is 7.57. The van der Waals surface area contributed by atoms with Crippen molar-refractivity contribution in [2.24, 2.45) is 5.92 Å². The van der Waals surface area contributed by atoms with Crippen molar-refractivity contribution in [3.63, 3.8) is 0 Å². The quantitative estimate of drug-likeness (QED) is 0.830. The minimum atomic E-state index is -0.0722. The first-order chi connectivity index (χ1) is 13.5. The van der Waals surface area contributed by atoms with E-state index < -0.39 is 0 Å². The number of amides is 2. The van der Waals surface area contributed by atoms with Gasteiger partial charge in [-0.3, -0.25) is 9.59 Å². The molecule has 0 atom stereocenters. The summed E-state index contributed by atoms with van der Waals surface area (Å²) in [6.45, 7) is 6.03. The molecule has 2 aromatic rings. The van der Waals surface area contributed by atoms with Crippen molar-refractivity contribution in [2.45, 2.75) is 32.7 Å². The van der Waals surface area contributed by atoms with Gasteiger partial charge in [-0.2, -0.15) is 0 Å². The summed E-state index contributed by atoms with van der Waals surface area (Å²) in [6.07, 6.45) is 1.88. The minimum absolute atomic E-state index is 0.0722. The molecule has 1 N–H and O–H groups in total. The summed E-state index contributed by atoms with van der Waals surface area (Å²) in [7, 11) is 0. The number of likely N-dealkylation sites (tertiary alicyclic amines) is 1. The highest BCUT2D eigenvalue weighted by Crippen LogP contribution is 2.21. The molecule has 1 heterocycles. The zero-order valence-electron chi connectivity index (χ0n) is 16.6. The zero-order valence-corrected chi connectivity index (χ0v) is 16.6. The summed E-state index contributed by atoms with van der Waals surface area (Å²) in [5.74, 6) is 1.24. The molecule has 0 bridgehead atoms. The second-order valence-corrected chi connectivity index (χ2v) is 7.57. The lowest BCUT2D eigenvalue weighted by Crippen LogP contribution is -2.39. The number of nitrogens with zero attached hydrogens (tertiary/aromatic N) is 1. The normalized spacial score (nSPS) is 14.8. The molecule has 0 unspecified atom stereocenters. The number of piperidine rings is 1. The standard InChI is InChI=1S/C23H28N2O3/c1-17(2)24-22(26)19-8-10-21(11-9-19)28-16-18-12-14-25(15-13-18)23(27)20-6-4-3-5-7-20/h3-11,17-18H,12-16H2,1-2H3,(H,24,26). The van der Waals surface area contributed by atoms with Crippen LogP contribution in [0.15, 0.2) is 54.6 Å². The van der Waals surface area contributed by atoms with Crippen LogP contribution < -0.4 is 10.1 Å². The van der Waals surface area contributed by atoms with Crippen molar-refractivity contribution < 1.29 is 14.3 Å². The number of carbonyl (C=O) groups is 2. The topological polar surface area (TPSA) is 58.6 Å². The fourth-order valence-electron chi connectivity index (χ4n) is 3.33.